The Kier molecular flexibility index (Phi) is 9.86. The molecule has 0 aromatic carbocycles. The monoisotopic (exact) mass is 552 g/mol. The Balaban J connectivity index is 1.39. The van der Waals surface area contributed by atoms with Crippen molar-refractivity contribution in [2.75, 3.05) is 63.5 Å². The van der Waals surface area contributed by atoms with Crippen LogP contribution in [0.1, 0.15) is 26.7 Å². The van der Waals surface area contributed by atoms with E-state index in [2.05, 4.69) is 21.8 Å². The van der Waals surface area contributed by atoms with E-state index in [0.29, 0.717) is 55.9 Å². The van der Waals surface area contributed by atoms with Crippen molar-refractivity contribution in [2.24, 2.45) is 11.8 Å². The number of halogens is 2. The van der Waals surface area contributed by atoms with E-state index in [9.17, 15) is 5.11 Å². The second-order valence-corrected chi connectivity index (χ2v) is 10.5. The normalized spacial score (nSPS) is 25.6. The molecule has 0 bridgehead atoms. The smallest absolute Gasteiger partial charge is 0.250 e. The molecular formula is C27H38ClFN4O5. The van der Waals surface area contributed by atoms with Crippen LogP contribution in [0.25, 0.3) is 0 Å². The van der Waals surface area contributed by atoms with E-state index in [0.717, 1.165) is 12.1 Å². The summed E-state index contributed by atoms with van der Waals surface area (Å²) in [5, 5.41) is 10.6. The molecule has 38 heavy (non-hydrogen) atoms. The van der Waals surface area contributed by atoms with Crippen LogP contribution >= 0.6 is 11.6 Å². The van der Waals surface area contributed by atoms with E-state index in [-0.39, 0.29) is 42.6 Å². The van der Waals surface area contributed by atoms with Crippen LogP contribution in [0.5, 0.6) is 11.8 Å². The van der Waals surface area contributed by atoms with Crippen LogP contribution in [0.3, 0.4) is 0 Å². The van der Waals surface area contributed by atoms with Crippen LogP contribution < -0.4 is 19.3 Å². The summed E-state index contributed by atoms with van der Waals surface area (Å²) in [6.07, 6.45) is 4.42. The average molecular weight is 553 g/mol. The van der Waals surface area contributed by atoms with Gasteiger partial charge in [-0.2, -0.15) is 0 Å². The number of rotatable bonds is 11. The van der Waals surface area contributed by atoms with E-state index in [4.69, 9.17) is 30.5 Å². The summed E-state index contributed by atoms with van der Waals surface area (Å²) in [5.41, 5.74) is 1.46. The summed E-state index contributed by atoms with van der Waals surface area (Å²) in [5.74, 6) is 0.160. The Morgan fingerprint density at radius 1 is 1.11 bits per heavy atom. The van der Waals surface area contributed by atoms with E-state index in [1.165, 1.54) is 6.07 Å². The van der Waals surface area contributed by atoms with Gasteiger partial charge in [-0.15, -0.1) is 0 Å². The maximum absolute atomic E-state index is 15.2. The van der Waals surface area contributed by atoms with Crippen LogP contribution in [0.2, 0.25) is 5.02 Å². The Morgan fingerprint density at radius 3 is 2.61 bits per heavy atom. The number of hydrogen-bond acceptors (Lipinski definition) is 9. The van der Waals surface area contributed by atoms with Gasteiger partial charge in [-0.05, 0) is 6.42 Å². The molecule has 2 aromatic heterocycles. The number of pyridine rings is 2. The summed E-state index contributed by atoms with van der Waals surface area (Å²) in [7, 11) is 3.23. The van der Waals surface area contributed by atoms with Gasteiger partial charge in [0.2, 0.25) is 5.88 Å². The van der Waals surface area contributed by atoms with E-state index >= 15 is 4.39 Å². The van der Waals surface area contributed by atoms with Gasteiger partial charge in [0, 0.05) is 70.3 Å². The van der Waals surface area contributed by atoms with Crippen molar-refractivity contribution in [1.29, 1.82) is 0 Å². The van der Waals surface area contributed by atoms with Crippen LogP contribution in [0.15, 0.2) is 24.5 Å². The molecule has 2 aromatic rings. The molecule has 210 valence electrons. The van der Waals surface area contributed by atoms with Crippen molar-refractivity contribution >= 4 is 23.0 Å². The molecule has 0 aliphatic carbocycles. The maximum atomic E-state index is 15.2. The van der Waals surface area contributed by atoms with Crippen molar-refractivity contribution < 1.29 is 28.4 Å². The number of anilines is 2. The molecule has 2 unspecified atom stereocenters. The first-order valence-corrected chi connectivity index (χ1v) is 13.5. The van der Waals surface area contributed by atoms with Crippen molar-refractivity contribution in [1.82, 2.24) is 9.97 Å². The standard InChI is InChI=1S/C27H38ClFN4O5/c1-17-14-32(22-11-26(36-4)30-13-20(22)28)7-6-24(17)38-27-21(29)10-19(12-31-27)33-15-25(18(2)23(33)16-34)37-9-5-8-35-3/h10-13,17-18,23-25,34H,5-9,14-16H2,1-4H3/t17?,18-,23-,24?,25-/m0/s1. The molecule has 2 fully saturated rings. The molecule has 11 heteroatoms. The van der Waals surface area contributed by atoms with Gasteiger partial charge in [0.15, 0.2) is 5.82 Å². The molecule has 2 aliphatic heterocycles. The molecule has 4 rings (SSSR count). The number of aromatic nitrogens is 2. The van der Waals surface area contributed by atoms with Gasteiger partial charge < -0.3 is 33.9 Å². The zero-order valence-electron chi connectivity index (χ0n) is 22.5. The molecular weight excluding hydrogens is 515 g/mol. The van der Waals surface area contributed by atoms with E-state index < -0.39 is 5.82 Å². The maximum Gasteiger partial charge on any atom is 0.250 e. The highest BCUT2D eigenvalue weighted by Crippen LogP contribution is 2.35. The number of nitrogens with zero attached hydrogens (tertiary/aromatic N) is 4. The largest absolute Gasteiger partial charge is 0.481 e. The zero-order valence-corrected chi connectivity index (χ0v) is 23.2. The highest BCUT2D eigenvalue weighted by atomic mass is 35.5. The number of methoxy groups -OCH3 is 2. The fourth-order valence-corrected chi connectivity index (χ4v) is 5.54. The van der Waals surface area contributed by atoms with Gasteiger partial charge in [-0.25, -0.2) is 14.4 Å². The van der Waals surface area contributed by atoms with Crippen molar-refractivity contribution in [3.05, 3.63) is 35.4 Å². The summed E-state index contributed by atoms with van der Waals surface area (Å²) in [6, 6.07) is 3.08. The van der Waals surface area contributed by atoms with Gasteiger partial charge in [0.1, 0.15) is 6.10 Å². The number of aliphatic hydroxyl groups excluding tert-OH is 1. The van der Waals surface area contributed by atoms with Gasteiger partial charge in [0.25, 0.3) is 5.88 Å². The third-order valence-corrected chi connectivity index (χ3v) is 7.85. The second kappa shape index (κ2) is 13.1. The van der Waals surface area contributed by atoms with Crippen molar-refractivity contribution in [3.8, 4) is 11.8 Å². The highest BCUT2D eigenvalue weighted by Gasteiger charge is 2.40. The predicted molar refractivity (Wildman–Crippen MR) is 144 cm³/mol. The number of piperidine rings is 1. The first kappa shape index (κ1) is 28.6. The molecule has 2 saturated heterocycles. The van der Waals surface area contributed by atoms with E-state index in [1.54, 1.807) is 26.6 Å². The summed E-state index contributed by atoms with van der Waals surface area (Å²) in [6.45, 7) is 7.21. The van der Waals surface area contributed by atoms with Crippen molar-refractivity contribution in [3.63, 3.8) is 0 Å². The minimum atomic E-state index is -0.521. The lowest BCUT2D eigenvalue weighted by atomic mass is 9.96. The predicted octanol–water partition coefficient (Wildman–Crippen LogP) is 3.81. The van der Waals surface area contributed by atoms with Crippen LogP contribution in [0.4, 0.5) is 15.8 Å². The summed E-state index contributed by atoms with van der Waals surface area (Å²) < 4.78 is 37.6. The Bertz CT molecular complexity index is 1070. The quantitative estimate of drug-likeness (QED) is 0.418. The topological polar surface area (TPSA) is 89.4 Å². The minimum absolute atomic E-state index is 0.0113. The fourth-order valence-electron chi connectivity index (χ4n) is 5.32. The SMILES string of the molecule is COCCCO[C@H]1CN(c2cnc(OC3CCN(c4cc(OC)ncc4Cl)CC3C)c(F)c2)[C@@H](CO)[C@@H]1C. The number of hydrogen-bond donors (Lipinski definition) is 1. The van der Waals surface area contributed by atoms with Gasteiger partial charge in [-0.3, -0.25) is 0 Å². The first-order valence-electron chi connectivity index (χ1n) is 13.1. The molecule has 5 atom stereocenters. The molecule has 2 aliphatic rings. The lowest BCUT2D eigenvalue weighted by Crippen LogP contribution is -2.44. The molecule has 0 amide bonds. The molecule has 0 saturated carbocycles. The lowest BCUT2D eigenvalue weighted by molar-refractivity contribution is 0.0241. The molecule has 9 nitrogen and oxygen atoms in total. The Hall–Kier alpha value is -2.40. The Labute approximate surface area is 228 Å². The van der Waals surface area contributed by atoms with Crippen LogP contribution in [0, 0.1) is 17.7 Å². The van der Waals surface area contributed by atoms with Gasteiger partial charge in [-0.1, -0.05) is 25.4 Å². The summed E-state index contributed by atoms with van der Waals surface area (Å²) in [4.78, 5) is 12.6. The van der Waals surface area contributed by atoms with Crippen molar-refractivity contribution in [2.45, 2.75) is 44.9 Å². The number of ether oxygens (including phenoxy) is 4. The minimum Gasteiger partial charge on any atom is -0.481 e. The van der Waals surface area contributed by atoms with E-state index in [1.807, 2.05) is 17.9 Å². The van der Waals surface area contributed by atoms with Gasteiger partial charge in [0.05, 0.1) is 54.7 Å². The molecule has 0 spiro atoms. The average Bonchev–Trinajstić information content (AvgIpc) is 3.24. The zero-order chi connectivity index (χ0) is 27.2. The third kappa shape index (κ3) is 6.42. The Morgan fingerprint density at radius 2 is 1.92 bits per heavy atom. The molecule has 1 N–H and O–H groups in total. The third-order valence-electron chi connectivity index (χ3n) is 7.56. The summed E-state index contributed by atoms with van der Waals surface area (Å²) >= 11 is 6.38. The molecule has 0 radical (unpaired) electrons. The van der Waals surface area contributed by atoms with Crippen LogP contribution in [-0.2, 0) is 9.47 Å². The lowest BCUT2D eigenvalue weighted by Gasteiger charge is -2.38. The van der Waals surface area contributed by atoms with Crippen LogP contribution in [-0.4, -0.2) is 87.0 Å². The highest BCUT2D eigenvalue weighted by molar-refractivity contribution is 6.33. The van der Waals surface area contributed by atoms with Gasteiger partial charge >= 0.3 is 0 Å². The number of aliphatic hydroxyl groups is 1. The fraction of sp³-hybridized carbons (Fsp3) is 0.630. The molecule has 4 heterocycles. The second-order valence-electron chi connectivity index (χ2n) is 10.0. The first-order chi connectivity index (χ1) is 18.4.